The van der Waals surface area contributed by atoms with Crippen LogP contribution in [0, 0.1) is 46.8 Å². The molecule has 7 heteroatoms. The van der Waals surface area contributed by atoms with Crippen molar-refractivity contribution in [1.82, 2.24) is 14.7 Å². The summed E-state index contributed by atoms with van der Waals surface area (Å²) in [5, 5.41) is 15.0. The highest BCUT2D eigenvalue weighted by Crippen LogP contribution is 2.66. The molecule has 37 heavy (non-hydrogen) atoms. The van der Waals surface area contributed by atoms with Gasteiger partial charge in [0, 0.05) is 18.7 Å². The highest BCUT2D eigenvalue weighted by molar-refractivity contribution is 5.89. The molecule has 0 unspecified atom stereocenters. The molecule has 0 bridgehead atoms. The number of carbonyl (C=O) groups is 2. The minimum atomic E-state index is -0.481. The van der Waals surface area contributed by atoms with E-state index in [1.54, 1.807) is 10.9 Å². The van der Waals surface area contributed by atoms with Gasteiger partial charge in [-0.1, -0.05) is 13.8 Å². The molecule has 4 fully saturated rings. The van der Waals surface area contributed by atoms with Crippen molar-refractivity contribution < 1.29 is 19.4 Å². The molecule has 9 atom stereocenters. The van der Waals surface area contributed by atoms with Crippen molar-refractivity contribution in [1.29, 1.82) is 0 Å². The minimum Gasteiger partial charge on any atom is -0.461 e. The highest BCUT2D eigenvalue weighted by atomic mass is 16.5. The monoisotopic (exact) mass is 513 g/mol. The van der Waals surface area contributed by atoms with Gasteiger partial charge in [0.05, 0.1) is 23.9 Å². The third-order valence-corrected chi connectivity index (χ3v) is 10.9. The lowest BCUT2D eigenvalue weighted by atomic mass is 9.48. The number of Topliss-reactive ketones (excluding diaryl/α,β-unsaturated/α-hetero) is 1. The van der Waals surface area contributed by atoms with E-state index < -0.39 is 5.60 Å². The summed E-state index contributed by atoms with van der Waals surface area (Å²) in [6, 6.07) is 0. The SMILES string of the molecule is C[C@@H]1C[C@H](C(=O)Cn2cc(C(=O)OCCN(C)C)cn2)[C@@]2(C)CC[C@H]3[C@@H](CC[C@@H]4C[C@](C)(O)CC[C@@H]43)[C@H]12. The molecular formula is C30H47N3O4. The van der Waals surface area contributed by atoms with E-state index in [-0.39, 0.29) is 29.6 Å². The molecule has 1 heterocycles. The van der Waals surface area contributed by atoms with E-state index in [0.717, 1.165) is 43.9 Å². The van der Waals surface area contributed by atoms with Gasteiger partial charge in [0.1, 0.15) is 6.61 Å². The summed E-state index contributed by atoms with van der Waals surface area (Å²) in [5.74, 6) is 3.97. The number of hydrogen-bond acceptors (Lipinski definition) is 6. The van der Waals surface area contributed by atoms with Crippen molar-refractivity contribution in [2.75, 3.05) is 27.2 Å². The molecule has 0 radical (unpaired) electrons. The average Bonchev–Trinajstić information content (AvgIpc) is 3.39. The van der Waals surface area contributed by atoms with Crippen LogP contribution < -0.4 is 0 Å². The van der Waals surface area contributed by atoms with E-state index >= 15 is 0 Å². The first-order chi connectivity index (χ1) is 17.5. The molecule has 7 nitrogen and oxygen atoms in total. The van der Waals surface area contributed by atoms with E-state index in [9.17, 15) is 14.7 Å². The molecule has 0 spiro atoms. The van der Waals surface area contributed by atoms with Crippen molar-refractivity contribution in [2.24, 2.45) is 46.8 Å². The van der Waals surface area contributed by atoms with Crippen LogP contribution in [0.1, 0.15) is 82.5 Å². The Morgan fingerprint density at radius 1 is 1.14 bits per heavy atom. The maximum atomic E-state index is 13.7. The van der Waals surface area contributed by atoms with Gasteiger partial charge in [-0.05, 0) is 113 Å². The lowest BCUT2D eigenvalue weighted by Crippen LogP contribution is -2.51. The zero-order valence-electron chi connectivity index (χ0n) is 23.5. The van der Waals surface area contributed by atoms with Gasteiger partial charge >= 0.3 is 5.97 Å². The van der Waals surface area contributed by atoms with Gasteiger partial charge in [-0.15, -0.1) is 0 Å². The molecular weight excluding hydrogens is 466 g/mol. The fourth-order valence-electron chi connectivity index (χ4n) is 9.35. The van der Waals surface area contributed by atoms with Crippen LogP contribution in [0.5, 0.6) is 0 Å². The van der Waals surface area contributed by atoms with E-state index in [1.165, 1.54) is 25.5 Å². The quantitative estimate of drug-likeness (QED) is 0.543. The predicted molar refractivity (Wildman–Crippen MR) is 142 cm³/mol. The summed E-state index contributed by atoms with van der Waals surface area (Å²) < 4.78 is 6.95. The van der Waals surface area contributed by atoms with Gasteiger partial charge in [0.25, 0.3) is 0 Å². The summed E-state index contributed by atoms with van der Waals surface area (Å²) in [5.41, 5.74) is -0.0321. The van der Waals surface area contributed by atoms with Crippen molar-refractivity contribution >= 4 is 11.8 Å². The number of hydrogen-bond donors (Lipinski definition) is 1. The summed E-state index contributed by atoms with van der Waals surface area (Å²) in [6.45, 7) is 8.03. The minimum absolute atomic E-state index is 0.0474. The van der Waals surface area contributed by atoms with Gasteiger partial charge in [-0.25, -0.2) is 4.79 Å². The summed E-state index contributed by atoms with van der Waals surface area (Å²) in [7, 11) is 3.87. The number of aliphatic hydroxyl groups is 1. The van der Waals surface area contributed by atoms with Gasteiger partial charge in [0.2, 0.25) is 0 Å². The Kier molecular flexibility index (Phi) is 7.34. The zero-order chi connectivity index (χ0) is 26.5. The Bertz CT molecular complexity index is 1000. The van der Waals surface area contributed by atoms with Crippen molar-refractivity contribution in [3.05, 3.63) is 18.0 Å². The van der Waals surface area contributed by atoms with Crippen LogP contribution in [-0.4, -0.2) is 64.4 Å². The van der Waals surface area contributed by atoms with E-state index in [4.69, 9.17) is 4.74 Å². The molecule has 0 amide bonds. The zero-order valence-corrected chi connectivity index (χ0v) is 23.5. The highest BCUT2D eigenvalue weighted by Gasteiger charge is 2.61. The second-order valence-electron chi connectivity index (χ2n) is 13.7. The number of ether oxygens (including phenoxy) is 1. The average molecular weight is 514 g/mol. The lowest BCUT2D eigenvalue weighted by Gasteiger charge is -2.57. The summed E-state index contributed by atoms with van der Waals surface area (Å²) in [4.78, 5) is 28.0. The van der Waals surface area contributed by atoms with E-state index in [1.807, 2.05) is 25.9 Å². The van der Waals surface area contributed by atoms with Crippen molar-refractivity contribution in [2.45, 2.75) is 84.3 Å². The van der Waals surface area contributed by atoms with Gasteiger partial charge in [-0.2, -0.15) is 5.10 Å². The number of aromatic nitrogens is 2. The predicted octanol–water partition coefficient (Wildman–Crippen LogP) is 4.44. The maximum absolute atomic E-state index is 13.7. The molecule has 0 aromatic carbocycles. The first-order valence-electron chi connectivity index (χ1n) is 14.6. The molecule has 1 aromatic rings. The molecule has 5 rings (SSSR count). The van der Waals surface area contributed by atoms with Crippen LogP contribution >= 0.6 is 0 Å². The number of nitrogens with zero attached hydrogens (tertiary/aromatic N) is 3. The molecule has 206 valence electrons. The molecule has 4 aliphatic carbocycles. The summed E-state index contributed by atoms with van der Waals surface area (Å²) in [6.07, 6.45) is 12.0. The van der Waals surface area contributed by atoms with Gasteiger partial charge in [-0.3, -0.25) is 9.48 Å². The van der Waals surface area contributed by atoms with E-state index in [2.05, 4.69) is 18.9 Å². The second-order valence-corrected chi connectivity index (χ2v) is 13.7. The summed E-state index contributed by atoms with van der Waals surface area (Å²) >= 11 is 0. The lowest BCUT2D eigenvalue weighted by molar-refractivity contribution is -0.133. The fourth-order valence-corrected chi connectivity index (χ4v) is 9.35. The number of fused-ring (bicyclic) bond motifs is 5. The normalized spacial score (nSPS) is 41.1. The molecule has 4 aliphatic rings. The molecule has 1 aromatic heterocycles. The Balaban J connectivity index is 1.24. The number of carbonyl (C=O) groups excluding carboxylic acids is 2. The first kappa shape index (κ1) is 26.9. The number of likely N-dealkylation sites (N-methyl/N-ethyl adjacent to an activating group) is 1. The second kappa shape index (κ2) is 10.1. The Morgan fingerprint density at radius 3 is 2.65 bits per heavy atom. The molecule has 4 saturated carbocycles. The Labute approximate surface area is 222 Å². The van der Waals surface area contributed by atoms with Crippen LogP contribution in [0.2, 0.25) is 0 Å². The van der Waals surface area contributed by atoms with Gasteiger partial charge in [0.15, 0.2) is 5.78 Å². The number of ketones is 1. The van der Waals surface area contributed by atoms with Crippen molar-refractivity contribution in [3.8, 4) is 0 Å². The first-order valence-corrected chi connectivity index (χ1v) is 14.6. The van der Waals surface area contributed by atoms with Crippen LogP contribution in [0.3, 0.4) is 0 Å². The van der Waals surface area contributed by atoms with Crippen molar-refractivity contribution in [3.63, 3.8) is 0 Å². The number of esters is 1. The van der Waals surface area contributed by atoms with Crippen LogP contribution in [0.15, 0.2) is 12.4 Å². The smallest absolute Gasteiger partial charge is 0.341 e. The van der Waals surface area contributed by atoms with E-state index in [0.29, 0.717) is 42.4 Å². The molecule has 0 aliphatic heterocycles. The number of rotatable bonds is 7. The Morgan fingerprint density at radius 2 is 1.89 bits per heavy atom. The standard InChI is InChI=1S/C30H47N3O4/c1-19-14-25(26(34)18-33-17-21(16-31-33)28(35)37-13-12-32(4)5)30(3)11-9-23-22-8-10-29(2,36)15-20(22)6-7-24(23)27(19)30/h16-17,19-20,22-25,27,36H,6-15,18H2,1-5H3/t19-,20-,22+,23-,24-,25-,27+,29-,30-/m1/s1. The Hall–Kier alpha value is -1.73. The maximum Gasteiger partial charge on any atom is 0.341 e. The molecule has 0 saturated heterocycles. The van der Waals surface area contributed by atoms with Crippen LogP contribution in [0.25, 0.3) is 0 Å². The van der Waals surface area contributed by atoms with Crippen LogP contribution in [-0.2, 0) is 16.1 Å². The largest absolute Gasteiger partial charge is 0.461 e. The third kappa shape index (κ3) is 5.15. The van der Waals surface area contributed by atoms with Crippen LogP contribution in [0.4, 0.5) is 0 Å². The fraction of sp³-hybridized carbons (Fsp3) is 0.833. The van der Waals surface area contributed by atoms with Gasteiger partial charge < -0.3 is 14.7 Å². The third-order valence-electron chi connectivity index (χ3n) is 10.9. The topological polar surface area (TPSA) is 84.7 Å². The molecule has 1 N–H and O–H groups in total.